The minimum Gasteiger partial charge on any atom is -0.352 e. The van der Waals surface area contributed by atoms with Gasteiger partial charge >= 0.3 is 0 Å². The van der Waals surface area contributed by atoms with Crippen LogP contribution in [0.15, 0.2) is 0 Å². The van der Waals surface area contributed by atoms with Gasteiger partial charge in [0.15, 0.2) is 0 Å². The molecule has 0 aromatic heterocycles. The van der Waals surface area contributed by atoms with Crippen molar-refractivity contribution in [2.24, 2.45) is 17.3 Å². The maximum absolute atomic E-state index is 12.1. The standard InChI is InChI=1S/C13H22N2O/c1-5-11(9(2)3)15-12(16)13(8-14)6-10(4)7-13/h9-11H,5-7H2,1-4H3,(H,15,16). The first kappa shape index (κ1) is 13.0. The molecule has 1 aliphatic carbocycles. The summed E-state index contributed by atoms with van der Waals surface area (Å²) in [4.78, 5) is 12.1. The number of carbonyl (C=O) groups excluding carboxylic acids is 1. The van der Waals surface area contributed by atoms with E-state index in [-0.39, 0.29) is 11.9 Å². The molecule has 1 amide bonds. The number of nitrogens with one attached hydrogen (secondary N) is 1. The maximum atomic E-state index is 12.1. The normalized spacial score (nSPS) is 30.4. The number of amides is 1. The maximum Gasteiger partial charge on any atom is 0.240 e. The summed E-state index contributed by atoms with van der Waals surface area (Å²) in [5.74, 6) is 0.861. The number of rotatable bonds is 4. The van der Waals surface area contributed by atoms with Gasteiger partial charge in [0.1, 0.15) is 5.41 Å². The van der Waals surface area contributed by atoms with Crippen LogP contribution in [-0.2, 0) is 4.79 Å². The molecule has 1 aliphatic rings. The molecule has 0 spiro atoms. The first-order chi connectivity index (χ1) is 7.45. The van der Waals surface area contributed by atoms with Crippen LogP contribution in [0.1, 0.15) is 47.0 Å². The van der Waals surface area contributed by atoms with E-state index >= 15 is 0 Å². The molecule has 0 aromatic rings. The molecule has 1 saturated carbocycles. The highest BCUT2D eigenvalue weighted by molar-refractivity contribution is 5.86. The van der Waals surface area contributed by atoms with Crippen molar-refractivity contribution in [3.05, 3.63) is 0 Å². The molecule has 3 heteroatoms. The lowest BCUT2D eigenvalue weighted by atomic mass is 9.63. The summed E-state index contributed by atoms with van der Waals surface area (Å²) in [6.45, 7) is 8.34. The molecule has 0 radical (unpaired) electrons. The van der Waals surface area contributed by atoms with Crippen molar-refractivity contribution in [1.29, 1.82) is 5.26 Å². The summed E-state index contributed by atoms with van der Waals surface area (Å²) in [7, 11) is 0. The largest absolute Gasteiger partial charge is 0.352 e. The molecule has 0 aromatic carbocycles. The molecular weight excluding hydrogens is 200 g/mol. The molecule has 16 heavy (non-hydrogen) atoms. The van der Waals surface area contributed by atoms with E-state index in [0.717, 1.165) is 6.42 Å². The van der Waals surface area contributed by atoms with Gasteiger partial charge in [0.25, 0.3) is 0 Å². The minimum absolute atomic E-state index is 0.0614. The average Bonchev–Trinajstić information content (AvgIpc) is 2.20. The van der Waals surface area contributed by atoms with Crippen LogP contribution in [0.4, 0.5) is 0 Å². The van der Waals surface area contributed by atoms with E-state index in [1.807, 2.05) is 0 Å². The fraction of sp³-hybridized carbons (Fsp3) is 0.846. The van der Waals surface area contributed by atoms with Gasteiger partial charge in [0.05, 0.1) is 6.07 Å². The monoisotopic (exact) mass is 222 g/mol. The highest BCUT2D eigenvalue weighted by Gasteiger charge is 2.49. The molecule has 0 heterocycles. The third-order valence-corrected chi connectivity index (χ3v) is 3.60. The van der Waals surface area contributed by atoms with Gasteiger partial charge in [-0.05, 0) is 31.1 Å². The zero-order valence-corrected chi connectivity index (χ0v) is 10.7. The van der Waals surface area contributed by atoms with Gasteiger partial charge in [0, 0.05) is 6.04 Å². The topological polar surface area (TPSA) is 52.9 Å². The second-order valence-electron chi connectivity index (χ2n) is 5.44. The molecule has 1 N–H and O–H groups in total. The predicted molar refractivity (Wildman–Crippen MR) is 63.5 cm³/mol. The lowest BCUT2D eigenvalue weighted by Gasteiger charge is -2.40. The highest BCUT2D eigenvalue weighted by Crippen LogP contribution is 2.45. The molecule has 1 rings (SSSR count). The van der Waals surface area contributed by atoms with Gasteiger partial charge in [-0.15, -0.1) is 0 Å². The molecular formula is C13H22N2O. The van der Waals surface area contributed by atoms with Crippen molar-refractivity contribution < 1.29 is 4.79 Å². The van der Waals surface area contributed by atoms with Crippen LogP contribution in [0, 0.1) is 28.6 Å². The fourth-order valence-corrected chi connectivity index (χ4v) is 2.50. The van der Waals surface area contributed by atoms with Gasteiger partial charge in [-0.25, -0.2) is 0 Å². The van der Waals surface area contributed by atoms with E-state index in [4.69, 9.17) is 5.26 Å². The molecule has 1 unspecified atom stereocenters. The van der Waals surface area contributed by atoms with Gasteiger partial charge in [-0.2, -0.15) is 5.26 Å². The highest BCUT2D eigenvalue weighted by atomic mass is 16.2. The SMILES string of the molecule is CCC(NC(=O)C1(C#N)CC(C)C1)C(C)C. The Bertz CT molecular complexity index is 298. The Hall–Kier alpha value is -1.04. The van der Waals surface area contributed by atoms with Crippen LogP contribution in [-0.4, -0.2) is 11.9 Å². The Labute approximate surface area is 98.2 Å². The zero-order valence-electron chi connectivity index (χ0n) is 10.7. The number of nitrogens with zero attached hydrogens (tertiary/aromatic N) is 1. The lowest BCUT2D eigenvalue weighted by Crippen LogP contribution is -2.51. The van der Waals surface area contributed by atoms with Crippen LogP contribution in [0.5, 0.6) is 0 Å². The first-order valence-electron chi connectivity index (χ1n) is 6.17. The van der Waals surface area contributed by atoms with Crippen LogP contribution in [0.3, 0.4) is 0 Å². The Morgan fingerprint density at radius 2 is 2.12 bits per heavy atom. The van der Waals surface area contributed by atoms with Crippen LogP contribution in [0.2, 0.25) is 0 Å². The summed E-state index contributed by atoms with van der Waals surface area (Å²) < 4.78 is 0. The average molecular weight is 222 g/mol. The second kappa shape index (κ2) is 4.86. The lowest BCUT2D eigenvalue weighted by molar-refractivity contribution is -0.135. The van der Waals surface area contributed by atoms with E-state index in [2.05, 4.69) is 39.1 Å². The summed E-state index contributed by atoms with van der Waals surface area (Å²) in [6.07, 6.45) is 2.34. The van der Waals surface area contributed by atoms with E-state index in [1.54, 1.807) is 0 Å². The summed E-state index contributed by atoms with van der Waals surface area (Å²) in [6, 6.07) is 2.39. The Morgan fingerprint density at radius 3 is 2.44 bits per heavy atom. The van der Waals surface area contributed by atoms with Crippen LogP contribution < -0.4 is 5.32 Å². The van der Waals surface area contributed by atoms with Gasteiger partial charge < -0.3 is 5.32 Å². The van der Waals surface area contributed by atoms with Crippen LogP contribution in [0.25, 0.3) is 0 Å². The summed E-state index contributed by atoms with van der Waals surface area (Å²) in [5.41, 5.74) is -0.734. The van der Waals surface area contributed by atoms with Gasteiger partial charge in [0.2, 0.25) is 5.91 Å². The second-order valence-corrected chi connectivity index (χ2v) is 5.44. The quantitative estimate of drug-likeness (QED) is 0.794. The zero-order chi connectivity index (χ0) is 12.3. The molecule has 0 saturated heterocycles. The van der Waals surface area contributed by atoms with E-state index in [1.165, 1.54) is 0 Å². The summed E-state index contributed by atoms with van der Waals surface area (Å²) >= 11 is 0. The molecule has 3 nitrogen and oxygen atoms in total. The van der Waals surface area contributed by atoms with Crippen molar-refractivity contribution in [2.75, 3.05) is 0 Å². The molecule has 1 atom stereocenters. The Balaban J connectivity index is 2.61. The Kier molecular flexibility index (Phi) is 3.96. The minimum atomic E-state index is -0.734. The van der Waals surface area contributed by atoms with Crippen molar-refractivity contribution in [3.63, 3.8) is 0 Å². The van der Waals surface area contributed by atoms with Crippen LogP contribution >= 0.6 is 0 Å². The van der Waals surface area contributed by atoms with Crippen molar-refractivity contribution in [1.82, 2.24) is 5.32 Å². The number of hydrogen-bond acceptors (Lipinski definition) is 2. The Morgan fingerprint density at radius 1 is 1.56 bits per heavy atom. The number of hydrogen-bond donors (Lipinski definition) is 1. The predicted octanol–water partition coefficient (Wildman–Crippen LogP) is 2.48. The van der Waals surface area contributed by atoms with Crippen molar-refractivity contribution >= 4 is 5.91 Å². The third kappa shape index (κ3) is 2.37. The number of nitriles is 1. The smallest absolute Gasteiger partial charge is 0.240 e. The van der Waals surface area contributed by atoms with Crippen molar-refractivity contribution in [3.8, 4) is 6.07 Å². The molecule has 0 bridgehead atoms. The van der Waals surface area contributed by atoms with E-state index in [9.17, 15) is 4.79 Å². The molecule has 1 fully saturated rings. The van der Waals surface area contributed by atoms with Crippen molar-refractivity contribution in [2.45, 2.75) is 53.0 Å². The summed E-state index contributed by atoms with van der Waals surface area (Å²) in [5, 5.41) is 12.2. The van der Waals surface area contributed by atoms with E-state index < -0.39 is 5.41 Å². The molecule has 0 aliphatic heterocycles. The van der Waals surface area contributed by atoms with Gasteiger partial charge in [-0.1, -0.05) is 27.7 Å². The van der Waals surface area contributed by atoms with Gasteiger partial charge in [-0.3, -0.25) is 4.79 Å². The number of carbonyl (C=O) groups is 1. The third-order valence-electron chi connectivity index (χ3n) is 3.60. The molecule has 90 valence electrons. The first-order valence-corrected chi connectivity index (χ1v) is 6.17. The fourth-order valence-electron chi connectivity index (χ4n) is 2.50. The van der Waals surface area contributed by atoms with E-state index in [0.29, 0.717) is 24.7 Å².